The summed E-state index contributed by atoms with van der Waals surface area (Å²) < 4.78 is 10.2. The zero-order valence-corrected chi connectivity index (χ0v) is 7.55. The van der Waals surface area contributed by atoms with Gasteiger partial charge in [0.25, 0.3) is 0 Å². The second-order valence-electron chi connectivity index (χ2n) is 2.55. The maximum Gasteiger partial charge on any atom is 0.124 e. The Labute approximate surface area is 73.9 Å². The quantitative estimate of drug-likeness (QED) is 0.599. The highest BCUT2D eigenvalue weighted by Crippen LogP contribution is 2.24. The van der Waals surface area contributed by atoms with Gasteiger partial charge < -0.3 is 9.47 Å². The zero-order valence-electron chi connectivity index (χ0n) is 7.55. The van der Waals surface area contributed by atoms with Crippen LogP contribution in [0.4, 0.5) is 0 Å². The number of benzene rings is 1. The summed E-state index contributed by atoms with van der Waals surface area (Å²) in [4.78, 5) is 0. The number of methoxy groups -OCH3 is 2. The zero-order chi connectivity index (χ0) is 9.14. The molecule has 0 fully saturated rings. The summed E-state index contributed by atoms with van der Waals surface area (Å²) in [7, 11) is 8.84. The van der Waals surface area contributed by atoms with Crippen LogP contribution in [0.25, 0.3) is 0 Å². The van der Waals surface area contributed by atoms with Crippen LogP contribution in [0.5, 0.6) is 11.5 Å². The van der Waals surface area contributed by atoms with E-state index in [4.69, 9.17) is 17.3 Å². The molecule has 3 heteroatoms. The largest absolute Gasteiger partial charge is 0.496 e. The summed E-state index contributed by atoms with van der Waals surface area (Å²) in [6.07, 6.45) is 0. The molecule has 0 bridgehead atoms. The van der Waals surface area contributed by atoms with Crippen LogP contribution in [0.2, 0.25) is 0 Å². The molecule has 12 heavy (non-hydrogen) atoms. The predicted molar refractivity (Wildman–Crippen MR) is 49.7 cm³/mol. The van der Waals surface area contributed by atoms with Crippen molar-refractivity contribution in [3.63, 3.8) is 0 Å². The first-order valence-corrected chi connectivity index (χ1v) is 3.67. The van der Waals surface area contributed by atoms with Crippen LogP contribution in [-0.4, -0.2) is 22.1 Å². The molecule has 0 amide bonds. The van der Waals surface area contributed by atoms with Crippen molar-refractivity contribution in [1.82, 2.24) is 0 Å². The molecule has 0 aliphatic rings. The maximum absolute atomic E-state index is 5.62. The van der Waals surface area contributed by atoms with Gasteiger partial charge in [-0.15, -0.1) is 0 Å². The molecule has 0 aliphatic carbocycles. The monoisotopic (exact) mass is 162 g/mol. The third-order valence-electron chi connectivity index (χ3n) is 1.77. The molecular weight excluding hydrogens is 151 g/mol. The lowest BCUT2D eigenvalue weighted by atomic mass is 9.94. The Morgan fingerprint density at radius 1 is 1.08 bits per heavy atom. The van der Waals surface area contributed by atoms with Gasteiger partial charge in [0.2, 0.25) is 0 Å². The molecule has 0 saturated heterocycles. The van der Waals surface area contributed by atoms with Crippen LogP contribution in [0, 0.1) is 6.92 Å². The summed E-state index contributed by atoms with van der Waals surface area (Å²) in [5.41, 5.74) is 1.61. The molecule has 0 unspecified atom stereocenters. The third-order valence-corrected chi connectivity index (χ3v) is 1.77. The van der Waals surface area contributed by atoms with Crippen molar-refractivity contribution >= 4 is 13.3 Å². The minimum absolute atomic E-state index is 0.648. The lowest BCUT2D eigenvalue weighted by Gasteiger charge is -2.10. The minimum Gasteiger partial charge on any atom is -0.496 e. The molecule has 0 N–H and O–H groups in total. The molecule has 1 aromatic carbocycles. The molecule has 0 saturated carbocycles. The fourth-order valence-electron chi connectivity index (χ4n) is 1.11. The van der Waals surface area contributed by atoms with Crippen LogP contribution in [0.15, 0.2) is 12.1 Å². The summed E-state index contributed by atoms with van der Waals surface area (Å²) in [6, 6.07) is 3.55. The van der Waals surface area contributed by atoms with Crippen LogP contribution in [0.1, 0.15) is 5.56 Å². The van der Waals surface area contributed by atoms with Crippen LogP contribution in [-0.2, 0) is 0 Å². The van der Waals surface area contributed by atoms with E-state index in [-0.39, 0.29) is 0 Å². The van der Waals surface area contributed by atoms with E-state index in [1.165, 1.54) is 0 Å². The van der Waals surface area contributed by atoms with E-state index in [1.54, 1.807) is 26.4 Å². The molecule has 0 aromatic heterocycles. The lowest BCUT2D eigenvalue weighted by Crippen LogP contribution is -2.05. The van der Waals surface area contributed by atoms with Gasteiger partial charge in [0.05, 0.1) is 14.2 Å². The second-order valence-corrected chi connectivity index (χ2v) is 2.55. The number of hydrogen-bond acceptors (Lipinski definition) is 2. The second kappa shape index (κ2) is 3.52. The molecule has 1 rings (SSSR count). The van der Waals surface area contributed by atoms with Gasteiger partial charge in [0.1, 0.15) is 19.3 Å². The van der Waals surface area contributed by atoms with Gasteiger partial charge in [-0.1, -0.05) is 5.46 Å². The number of rotatable bonds is 2. The van der Waals surface area contributed by atoms with E-state index in [1.807, 2.05) is 6.92 Å². The van der Waals surface area contributed by atoms with Crippen LogP contribution in [0.3, 0.4) is 0 Å². The van der Waals surface area contributed by atoms with Gasteiger partial charge in [-0.05, 0) is 19.1 Å². The first-order chi connectivity index (χ1) is 5.69. The Balaban J connectivity index is 3.22. The Hall–Kier alpha value is -1.12. The fourth-order valence-corrected chi connectivity index (χ4v) is 1.11. The maximum atomic E-state index is 5.62. The summed E-state index contributed by atoms with van der Waals surface area (Å²) in [6.45, 7) is 1.93. The molecule has 2 radical (unpaired) electrons. The van der Waals surface area contributed by atoms with Gasteiger partial charge >= 0.3 is 0 Å². The summed E-state index contributed by atoms with van der Waals surface area (Å²) >= 11 is 0. The van der Waals surface area contributed by atoms with Crippen molar-refractivity contribution in [2.75, 3.05) is 14.2 Å². The number of ether oxygens (including phenoxy) is 2. The minimum atomic E-state index is 0.648. The lowest BCUT2D eigenvalue weighted by molar-refractivity contribution is 0.389. The van der Waals surface area contributed by atoms with E-state index in [9.17, 15) is 0 Å². The van der Waals surface area contributed by atoms with Crippen LogP contribution < -0.4 is 14.9 Å². The van der Waals surface area contributed by atoms with Crippen molar-refractivity contribution in [2.45, 2.75) is 6.92 Å². The van der Waals surface area contributed by atoms with Crippen molar-refractivity contribution in [3.8, 4) is 11.5 Å². The highest BCUT2D eigenvalue weighted by atomic mass is 16.5. The predicted octanol–water partition coefficient (Wildman–Crippen LogP) is 0.806. The first-order valence-electron chi connectivity index (χ1n) is 3.67. The van der Waals surface area contributed by atoms with Gasteiger partial charge in [0.15, 0.2) is 0 Å². The van der Waals surface area contributed by atoms with E-state index in [0.717, 1.165) is 17.1 Å². The third kappa shape index (κ3) is 1.55. The van der Waals surface area contributed by atoms with Gasteiger partial charge in [-0.25, -0.2) is 0 Å². The Kier molecular flexibility index (Phi) is 2.63. The highest BCUT2D eigenvalue weighted by molar-refractivity contribution is 6.32. The van der Waals surface area contributed by atoms with E-state index < -0.39 is 0 Å². The van der Waals surface area contributed by atoms with Crippen LogP contribution >= 0.6 is 0 Å². The normalized spacial score (nSPS) is 9.58. The summed E-state index contributed by atoms with van der Waals surface area (Å²) in [5, 5.41) is 0. The van der Waals surface area contributed by atoms with Crippen molar-refractivity contribution in [2.24, 2.45) is 0 Å². The van der Waals surface area contributed by atoms with E-state index >= 15 is 0 Å². The Morgan fingerprint density at radius 3 is 1.83 bits per heavy atom. The van der Waals surface area contributed by atoms with E-state index in [2.05, 4.69) is 0 Å². The van der Waals surface area contributed by atoms with Gasteiger partial charge in [-0.2, -0.15) is 0 Å². The molecule has 62 valence electrons. The van der Waals surface area contributed by atoms with Gasteiger partial charge in [0, 0.05) is 5.56 Å². The Bertz CT molecular complexity index is 259. The fraction of sp³-hybridized carbons (Fsp3) is 0.333. The Morgan fingerprint density at radius 2 is 1.50 bits per heavy atom. The molecule has 0 atom stereocenters. The molecule has 1 aromatic rings. The highest BCUT2D eigenvalue weighted by Gasteiger charge is 2.04. The van der Waals surface area contributed by atoms with Crippen molar-refractivity contribution < 1.29 is 9.47 Å². The first kappa shape index (κ1) is 8.98. The molecule has 0 spiro atoms. The van der Waals surface area contributed by atoms with E-state index in [0.29, 0.717) is 5.46 Å². The average Bonchev–Trinajstić information content (AvgIpc) is 2.08. The van der Waals surface area contributed by atoms with Crippen molar-refractivity contribution in [1.29, 1.82) is 0 Å². The van der Waals surface area contributed by atoms with Crippen molar-refractivity contribution in [3.05, 3.63) is 17.7 Å². The standard InChI is InChI=1S/C9H11BO2/c1-6-8(11-2)4-7(10)5-9(6)12-3/h4-5H,1-3H3. The topological polar surface area (TPSA) is 18.5 Å². The SMILES string of the molecule is [B]c1cc(OC)c(C)c(OC)c1. The molecule has 2 nitrogen and oxygen atoms in total. The molecule has 0 aliphatic heterocycles. The smallest absolute Gasteiger partial charge is 0.124 e. The van der Waals surface area contributed by atoms with Gasteiger partial charge in [-0.3, -0.25) is 0 Å². The molecular formula is C9H11BO2. The summed E-state index contributed by atoms with van der Waals surface area (Å²) in [5.74, 6) is 1.51. The number of hydrogen-bond donors (Lipinski definition) is 0. The average molecular weight is 162 g/mol. The molecule has 0 heterocycles.